The van der Waals surface area contributed by atoms with Crippen LogP contribution in [0.3, 0.4) is 0 Å². The summed E-state index contributed by atoms with van der Waals surface area (Å²) in [5.74, 6) is -1.15. The van der Waals surface area contributed by atoms with Crippen LogP contribution in [0.4, 0.5) is 0 Å². The van der Waals surface area contributed by atoms with Gasteiger partial charge in [-0.2, -0.15) is 0 Å². The van der Waals surface area contributed by atoms with Gasteiger partial charge in [-0.25, -0.2) is 9.59 Å². The molecule has 0 aliphatic rings. The molecule has 0 saturated heterocycles. The maximum absolute atomic E-state index is 12.6. The number of aliphatic hydroxyl groups is 1. The van der Waals surface area contributed by atoms with Gasteiger partial charge < -0.3 is 14.6 Å². The summed E-state index contributed by atoms with van der Waals surface area (Å²) >= 11 is 0. The molecule has 0 amide bonds. The first-order valence-corrected chi connectivity index (χ1v) is 14.1. The smallest absolute Gasteiger partial charge is 0.336 e. The fourth-order valence-electron chi connectivity index (χ4n) is 4.54. The molecule has 0 bridgehead atoms. The Labute approximate surface area is 234 Å². The van der Waals surface area contributed by atoms with E-state index in [1.165, 1.54) is 37.3 Å². The number of hydrogen-bond donors (Lipinski definition) is 1. The van der Waals surface area contributed by atoms with Crippen molar-refractivity contribution in [1.29, 1.82) is 0 Å². The molecule has 5 heteroatoms. The van der Waals surface area contributed by atoms with Gasteiger partial charge in [-0.1, -0.05) is 95.2 Å². The summed E-state index contributed by atoms with van der Waals surface area (Å²) in [4.78, 5) is 24.9. The molecule has 0 heterocycles. The van der Waals surface area contributed by atoms with E-state index in [9.17, 15) is 14.7 Å². The summed E-state index contributed by atoms with van der Waals surface area (Å²) in [6.07, 6.45) is 6.16. The molecule has 0 aliphatic carbocycles. The SMILES string of the molecule is C=C(C)C(=O)OCC(CCCC)(COC(=O)C(=C)C(C)O)c1ccc(-c2ccc(CCCCC)c(C)c2)cc1. The van der Waals surface area contributed by atoms with Gasteiger partial charge >= 0.3 is 11.9 Å². The highest BCUT2D eigenvalue weighted by Gasteiger charge is 2.36. The van der Waals surface area contributed by atoms with Crippen molar-refractivity contribution in [2.24, 2.45) is 0 Å². The molecule has 212 valence electrons. The van der Waals surface area contributed by atoms with Crippen LogP contribution in [0, 0.1) is 6.92 Å². The molecular weight excluding hydrogens is 488 g/mol. The molecule has 0 aromatic heterocycles. The second-order valence-corrected chi connectivity index (χ2v) is 10.7. The molecular formula is C34H46O5. The number of aliphatic hydroxyl groups excluding tert-OH is 1. The predicted molar refractivity (Wildman–Crippen MR) is 159 cm³/mol. The van der Waals surface area contributed by atoms with Crippen molar-refractivity contribution in [3.63, 3.8) is 0 Å². The number of benzene rings is 2. The molecule has 0 radical (unpaired) electrons. The van der Waals surface area contributed by atoms with Crippen LogP contribution in [0.5, 0.6) is 0 Å². The van der Waals surface area contributed by atoms with Crippen LogP contribution in [-0.4, -0.2) is 36.4 Å². The highest BCUT2D eigenvalue weighted by molar-refractivity contribution is 5.89. The lowest BCUT2D eigenvalue weighted by Gasteiger charge is -2.34. The maximum atomic E-state index is 12.6. The Bertz CT molecular complexity index is 1130. The van der Waals surface area contributed by atoms with Crippen molar-refractivity contribution in [2.75, 3.05) is 13.2 Å². The number of ether oxygens (including phenoxy) is 2. The molecule has 39 heavy (non-hydrogen) atoms. The van der Waals surface area contributed by atoms with Gasteiger partial charge in [0.2, 0.25) is 0 Å². The fraction of sp³-hybridized carbons (Fsp3) is 0.471. The van der Waals surface area contributed by atoms with E-state index in [1.54, 1.807) is 6.92 Å². The van der Waals surface area contributed by atoms with Crippen molar-refractivity contribution in [2.45, 2.75) is 91.1 Å². The quantitative estimate of drug-likeness (QED) is 0.138. The molecule has 2 aromatic carbocycles. The first-order valence-electron chi connectivity index (χ1n) is 14.1. The zero-order chi connectivity index (χ0) is 29.0. The molecule has 2 unspecified atom stereocenters. The fourth-order valence-corrected chi connectivity index (χ4v) is 4.54. The molecule has 0 aliphatic heterocycles. The zero-order valence-electron chi connectivity index (χ0n) is 24.5. The normalized spacial score (nSPS) is 13.3. The topological polar surface area (TPSA) is 72.8 Å². The summed E-state index contributed by atoms with van der Waals surface area (Å²) in [5.41, 5.74) is 5.37. The van der Waals surface area contributed by atoms with Crippen molar-refractivity contribution in [1.82, 2.24) is 0 Å². The van der Waals surface area contributed by atoms with Gasteiger partial charge in [-0.05, 0) is 67.9 Å². The third-order valence-corrected chi connectivity index (χ3v) is 7.31. The minimum absolute atomic E-state index is 0.00798. The van der Waals surface area contributed by atoms with Gasteiger partial charge in [0, 0.05) is 5.57 Å². The molecule has 0 spiro atoms. The van der Waals surface area contributed by atoms with Crippen LogP contribution in [-0.2, 0) is 30.9 Å². The minimum atomic E-state index is -1.01. The Morgan fingerprint density at radius 3 is 2.03 bits per heavy atom. The van der Waals surface area contributed by atoms with Crippen LogP contribution >= 0.6 is 0 Å². The summed E-state index contributed by atoms with van der Waals surface area (Å²) in [6, 6.07) is 14.8. The zero-order valence-corrected chi connectivity index (χ0v) is 24.5. The molecule has 2 atom stereocenters. The second kappa shape index (κ2) is 15.4. The Morgan fingerprint density at radius 1 is 0.897 bits per heavy atom. The predicted octanol–water partition coefficient (Wildman–Crippen LogP) is 7.42. The largest absolute Gasteiger partial charge is 0.461 e. The van der Waals surface area contributed by atoms with E-state index in [0.29, 0.717) is 12.0 Å². The van der Waals surface area contributed by atoms with Gasteiger partial charge in [0.05, 0.1) is 17.1 Å². The Hall–Kier alpha value is -3.18. The Kier molecular flexibility index (Phi) is 12.7. The van der Waals surface area contributed by atoms with Crippen LogP contribution in [0.2, 0.25) is 0 Å². The van der Waals surface area contributed by atoms with E-state index in [-0.39, 0.29) is 18.8 Å². The highest BCUT2D eigenvalue weighted by atomic mass is 16.5. The van der Waals surface area contributed by atoms with E-state index >= 15 is 0 Å². The monoisotopic (exact) mass is 534 g/mol. The lowest BCUT2D eigenvalue weighted by atomic mass is 9.77. The maximum Gasteiger partial charge on any atom is 0.336 e. The van der Waals surface area contributed by atoms with Crippen LogP contribution in [0.25, 0.3) is 11.1 Å². The van der Waals surface area contributed by atoms with E-state index in [0.717, 1.165) is 36.0 Å². The third-order valence-electron chi connectivity index (χ3n) is 7.31. The molecule has 5 nitrogen and oxygen atoms in total. The first kappa shape index (κ1) is 32.0. The third kappa shape index (κ3) is 9.21. The van der Waals surface area contributed by atoms with Crippen molar-refractivity contribution >= 4 is 11.9 Å². The number of hydrogen-bond acceptors (Lipinski definition) is 5. The van der Waals surface area contributed by atoms with Crippen molar-refractivity contribution in [3.8, 4) is 11.1 Å². The summed E-state index contributed by atoms with van der Waals surface area (Å²) in [5, 5.41) is 9.77. The van der Waals surface area contributed by atoms with E-state index in [4.69, 9.17) is 9.47 Å². The number of esters is 2. The van der Waals surface area contributed by atoms with Gasteiger partial charge in [-0.15, -0.1) is 0 Å². The van der Waals surface area contributed by atoms with Gasteiger partial charge in [-0.3, -0.25) is 0 Å². The van der Waals surface area contributed by atoms with E-state index in [2.05, 4.69) is 64.3 Å². The van der Waals surface area contributed by atoms with Crippen LogP contribution in [0.15, 0.2) is 66.8 Å². The molecule has 1 N–H and O–H groups in total. The van der Waals surface area contributed by atoms with Gasteiger partial charge in [0.25, 0.3) is 0 Å². The average molecular weight is 535 g/mol. The first-order chi connectivity index (χ1) is 18.5. The summed E-state index contributed by atoms with van der Waals surface area (Å²) < 4.78 is 11.3. The summed E-state index contributed by atoms with van der Waals surface area (Å²) in [6.45, 7) is 16.9. The van der Waals surface area contributed by atoms with E-state index < -0.39 is 23.5 Å². The minimum Gasteiger partial charge on any atom is -0.461 e. The lowest BCUT2D eigenvalue weighted by Crippen LogP contribution is -2.39. The van der Waals surface area contributed by atoms with Crippen molar-refractivity contribution < 1.29 is 24.2 Å². The Morgan fingerprint density at radius 2 is 1.49 bits per heavy atom. The van der Waals surface area contributed by atoms with Crippen LogP contribution < -0.4 is 0 Å². The standard InChI is InChI=1S/C34H46O5/c1-8-10-12-13-28-14-15-30(21-25(28)5)29-16-18-31(19-17-29)34(20-11-9-2,22-38-32(36)24(3)4)23-39-33(37)26(6)27(7)35/h14-19,21,27,35H,3,6,8-13,20,22-23H2,1-2,4-5,7H3. The summed E-state index contributed by atoms with van der Waals surface area (Å²) in [7, 11) is 0. The molecule has 2 aromatic rings. The van der Waals surface area contributed by atoms with Crippen LogP contribution in [0.1, 0.15) is 82.9 Å². The van der Waals surface area contributed by atoms with Crippen molar-refractivity contribution in [3.05, 3.63) is 83.5 Å². The number of carbonyl (C=O) groups excluding carboxylic acids is 2. The number of carbonyl (C=O) groups is 2. The van der Waals surface area contributed by atoms with E-state index in [1.807, 2.05) is 12.1 Å². The van der Waals surface area contributed by atoms with Gasteiger partial charge in [0.1, 0.15) is 13.2 Å². The molecule has 2 rings (SSSR count). The Balaban J connectivity index is 2.39. The number of rotatable bonds is 16. The number of aryl methyl sites for hydroxylation is 2. The highest BCUT2D eigenvalue weighted by Crippen LogP contribution is 2.34. The average Bonchev–Trinajstić information content (AvgIpc) is 2.93. The molecule has 0 fully saturated rings. The second-order valence-electron chi connectivity index (χ2n) is 10.7. The molecule has 0 saturated carbocycles. The lowest BCUT2D eigenvalue weighted by molar-refractivity contribution is -0.146. The number of unbranched alkanes of at least 4 members (excludes halogenated alkanes) is 3. The van der Waals surface area contributed by atoms with Gasteiger partial charge in [0.15, 0.2) is 0 Å².